The Kier molecular flexibility index (Phi) is 6.43. The fourth-order valence-electron chi connectivity index (χ4n) is 3.79. The van der Waals surface area contributed by atoms with Crippen LogP contribution in [0, 0.1) is 13.8 Å². The van der Waals surface area contributed by atoms with Gasteiger partial charge in [-0.3, -0.25) is 4.90 Å². The van der Waals surface area contributed by atoms with Gasteiger partial charge >= 0.3 is 0 Å². The van der Waals surface area contributed by atoms with Crippen molar-refractivity contribution in [2.45, 2.75) is 37.6 Å². The molecule has 0 aliphatic carbocycles. The van der Waals surface area contributed by atoms with Crippen LogP contribution in [-0.4, -0.2) is 47.0 Å². The Balaban J connectivity index is 1.83. The van der Waals surface area contributed by atoms with Crippen molar-refractivity contribution < 1.29 is 8.42 Å². The lowest BCUT2D eigenvalue weighted by molar-refractivity contribution is 0.246. The molecule has 0 aromatic heterocycles. The van der Waals surface area contributed by atoms with Crippen LogP contribution in [0.15, 0.2) is 47.4 Å². The van der Waals surface area contributed by atoms with Gasteiger partial charge in [0.25, 0.3) is 0 Å². The van der Waals surface area contributed by atoms with Gasteiger partial charge in [-0.25, -0.2) is 13.1 Å². The highest BCUT2D eigenvalue weighted by atomic mass is 32.2. The fourth-order valence-corrected chi connectivity index (χ4v) is 5.14. The van der Waals surface area contributed by atoms with Gasteiger partial charge in [0.05, 0.1) is 4.90 Å². The normalized spacial score (nSPS) is 16.3. The maximum absolute atomic E-state index is 13.0. The summed E-state index contributed by atoms with van der Waals surface area (Å²) in [5.74, 6) is 0. The first-order valence-corrected chi connectivity index (χ1v) is 11.3. The Bertz CT molecular complexity index is 902. The van der Waals surface area contributed by atoms with Crippen LogP contribution in [-0.2, 0) is 10.0 Å². The Morgan fingerprint density at radius 2 is 1.68 bits per heavy atom. The Morgan fingerprint density at radius 1 is 1.04 bits per heavy atom. The predicted octanol–water partition coefficient (Wildman–Crippen LogP) is 3.48. The van der Waals surface area contributed by atoms with Crippen molar-refractivity contribution >= 4 is 15.7 Å². The molecule has 152 valence electrons. The number of nitrogens with one attached hydrogen (secondary N) is 1. The first-order chi connectivity index (χ1) is 13.3. The standard InChI is InChI=1S/C22H31N3O2S/c1-17-8-7-9-22(18(17)2)28(26,27)23-16-21(25-14-5-6-15-25)19-10-12-20(13-11-19)24(3)4/h7-13,21,23H,5-6,14-16H2,1-4H3/t21-/m0/s1. The summed E-state index contributed by atoms with van der Waals surface area (Å²) in [6, 6.07) is 13.9. The number of nitrogens with zero attached hydrogens (tertiary/aromatic N) is 2. The van der Waals surface area contributed by atoms with Gasteiger partial charge in [-0.1, -0.05) is 24.3 Å². The van der Waals surface area contributed by atoms with Gasteiger partial charge in [-0.05, 0) is 74.7 Å². The second-order valence-electron chi connectivity index (χ2n) is 7.79. The van der Waals surface area contributed by atoms with Crippen LogP contribution in [0.1, 0.15) is 35.6 Å². The van der Waals surface area contributed by atoms with Crippen molar-refractivity contribution in [3.8, 4) is 0 Å². The van der Waals surface area contributed by atoms with Crippen LogP contribution in [0.4, 0.5) is 5.69 Å². The van der Waals surface area contributed by atoms with E-state index in [2.05, 4.69) is 38.8 Å². The summed E-state index contributed by atoms with van der Waals surface area (Å²) in [4.78, 5) is 4.82. The maximum atomic E-state index is 13.0. The molecule has 2 aromatic carbocycles. The van der Waals surface area contributed by atoms with Crippen molar-refractivity contribution in [3.05, 3.63) is 59.2 Å². The molecule has 0 spiro atoms. The Labute approximate surface area is 169 Å². The van der Waals surface area contributed by atoms with Gasteiger partial charge in [0.1, 0.15) is 0 Å². The van der Waals surface area contributed by atoms with Gasteiger partial charge in [-0.15, -0.1) is 0 Å². The molecular weight excluding hydrogens is 370 g/mol. The molecule has 1 N–H and O–H groups in total. The summed E-state index contributed by atoms with van der Waals surface area (Å²) in [5.41, 5.74) is 4.08. The molecule has 1 heterocycles. The lowest BCUT2D eigenvalue weighted by Crippen LogP contribution is -2.37. The molecule has 0 bridgehead atoms. The fraction of sp³-hybridized carbons (Fsp3) is 0.455. The quantitative estimate of drug-likeness (QED) is 0.772. The van der Waals surface area contributed by atoms with Crippen LogP contribution in [0.5, 0.6) is 0 Å². The second kappa shape index (κ2) is 8.64. The van der Waals surface area contributed by atoms with Crippen LogP contribution < -0.4 is 9.62 Å². The molecule has 0 unspecified atom stereocenters. The average Bonchev–Trinajstić information content (AvgIpc) is 3.18. The van der Waals surface area contributed by atoms with Crippen LogP contribution in [0.3, 0.4) is 0 Å². The van der Waals surface area contributed by atoms with Gasteiger partial charge in [0, 0.05) is 32.4 Å². The van der Waals surface area contributed by atoms with Crippen molar-refractivity contribution in [1.29, 1.82) is 0 Å². The molecule has 0 saturated carbocycles. The summed E-state index contributed by atoms with van der Waals surface area (Å²) in [6.45, 7) is 6.18. The number of hydrogen-bond acceptors (Lipinski definition) is 4. The molecule has 3 rings (SSSR count). The number of anilines is 1. The number of sulfonamides is 1. The number of likely N-dealkylation sites (tertiary alicyclic amines) is 1. The first-order valence-electron chi connectivity index (χ1n) is 9.87. The van der Waals surface area contributed by atoms with E-state index in [1.54, 1.807) is 12.1 Å². The second-order valence-corrected chi connectivity index (χ2v) is 9.53. The van der Waals surface area contributed by atoms with E-state index in [1.165, 1.54) is 0 Å². The van der Waals surface area contributed by atoms with E-state index in [-0.39, 0.29) is 6.04 Å². The van der Waals surface area contributed by atoms with Crippen molar-refractivity contribution in [3.63, 3.8) is 0 Å². The Morgan fingerprint density at radius 3 is 2.29 bits per heavy atom. The summed E-state index contributed by atoms with van der Waals surface area (Å²) in [6.07, 6.45) is 2.33. The average molecular weight is 402 g/mol. The summed E-state index contributed by atoms with van der Waals surface area (Å²) >= 11 is 0. The van der Waals surface area contributed by atoms with Crippen molar-refractivity contribution in [1.82, 2.24) is 9.62 Å². The molecule has 1 fully saturated rings. The van der Waals surface area contributed by atoms with Crippen molar-refractivity contribution in [2.24, 2.45) is 0 Å². The Hall–Kier alpha value is -1.89. The SMILES string of the molecule is Cc1cccc(S(=O)(=O)NC[C@@H](c2ccc(N(C)C)cc2)N2CCCC2)c1C. The number of aryl methyl sites for hydroxylation is 1. The number of hydrogen-bond donors (Lipinski definition) is 1. The van der Waals surface area contributed by atoms with E-state index in [4.69, 9.17) is 0 Å². The van der Waals surface area contributed by atoms with E-state index < -0.39 is 10.0 Å². The van der Waals surface area contributed by atoms with E-state index in [1.807, 2.05) is 34.0 Å². The zero-order valence-corrected chi connectivity index (χ0v) is 18.1. The molecule has 1 aliphatic rings. The van der Waals surface area contributed by atoms with E-state index >= 15 is 0 Å². The molecule has 0 radical (unpaired) electrons. The van der Waals surface area contributed by atoms with Gasteiger partial charge in [0.2, 0.25) is 10.0 Å². The largest absolute Gasteiger partial charge is 0.378 e. The van der Waals surface area contributed by atoms with Crippen LogP contribution in [0.2, 0.25) is 0 Å². The van der Waals surface area contributed by atoms with Crippen molar-refractivity contribution in [2.75, 3.05) is 38.6 Å². The molecular formula is C22H31N3O2S. The van der Waals surface area contributed by atoms with E-state index in [0.717, 1.165) is 48.3 Å². The molecule has 1 saturated heterocycles. The molecule has 1 atom stereocenters. The topological polar surface area (TPSA) is 52.7 Å². The summed E-state index contributed by atoms with van der Waals surface area (Å²) in [5, 5.41) is 0. The number of benzene rings is 2. The zero-order chi connectivity index (χ0) is 20.3. The molecule has 2 aromatic rings. The minimum atomic E-state index is -3.55. The minimum Gasteiger partial charge on any atom is -0.378 e. The van der Waals surface area contributed by atoms with Crippen LogP contribution >= 0.6 is 0 Å². The molecule has 1 aliphatic heterocycles. The van der Waals surface area contributed by atoms with Gasteiger partial charge < -0.3 is 4.90 Å². The molecule has 6 heteroatoms. The van der Waals surface area contributed by atoms with E-state index in [9.17, 15) is 8.42 Å². The van der Waals surface area contributed by atoms with Gasteiger partial charge in [-0.2, -0.15) is 0 Å². The third kappa shape index (κ3) is 4.57. The first kappa shape index (κ1) is 20.8. The third-order valence-corrected chi connectivity index (χ3v) is 7.25. The lowest BCUT2D eigenvalue weighted by Gasteiger charge is -2.28. The van der Waals surface area contributed by atoms with Gasteiger partial charge in [0.15, 0.2) is 0 Å². The van der Waals surface area contributed by atoms with E-state index in [0.29, 0.717) is 11.4 Å². The summed E-state index contributed by atoms with van der Waals surface area (Å²) < 4.78 is 28.8. The monoisotopic (exact) mass is 401 g/mol. The highest BCUT2D eigenvalue weighted by Gasteiger charge is 2.26. The maximum Gasteiger partial charge on any atom is 0.240 e. The molecule has 0 amide bonds. The highest BCUT2D eigenvalue weighted by Crippen LogP contribution is 2.27. The number of rotatable bonds is 7. The summed E-state index contributed by atoms with van der Waals surface area (Å²) in [7, 11) is 0.486. The van der Waals surface area contributed by atoms with Crippen LogP contribution in [0.25, 0.3) is 0 Å². The minimum absolute atomic E-state index is 0.0404. The smallest absolute Gasteiger partial charge is 0.240 e. The highest BCUT2D eigenvalue weighted by molar-refractivity contribution is 7.89. The third-order valence-electron chi connectivity index (χ3n) is 5.69. The lowest BCUT2D eigenvalue weighted by atomic mass is 10.1. The predicted molar refractivity (Wildman–Crippen MR) is 115 cm³/mol. The molecule has 5 nitrogen and oxygen atoms in total. The zero-order valence-electron chi connectivity index (χ0n) is 17.3. The molecule has 28 heavy (non-hydrogen) atoms.